The van der Waals surface area contributed by atoms with Gasteiger partial charge in [-0.25, -0.2) is 0 Å². The maximum atomic E-state index is 6.47. The van der Waals surface area contributed by atoms with Gasteiger partial charge in [0.25, 0.3) is 0 Å². The molecule has 1 aromatic carbocycles. The fourth-order valence-electron chi connectivity index (χ4n) is 4.04. The van der Waals surface area contributed by atoms with Crippen molar-refractivity contribution in [3.63, 3.8) is 0 Å². The first-order chi connectivity index (χ1) is 14.3. The third-order valence-corrected chi connectivity index (χ3v) is 7.45. The molecular weight excluding hydrogens is 475 g/mol. The Balaban J connectivity index is 1.71. The number of anilines is 2. The van der Waals surface area contributed by atoms with Crippen molar-refractivity contribution in [1.29, 1.82) is 0 Å². The number of amidine groups is 1. The minimum atomic E-state index is 0.132. The molecule has 1 unspecified atom stereocenters. The summed E-state index contributed by atoms with van der Waals surface area (Å²) in [5, 5.41) is 1.73. The molecule has 30 heavy (non-hydrogen) atoms. The van der Waals surface area contributed by atoms with Crippen LogP contribution in [0.2, 0.25) is 5.02 Å². The van der Waals surface area contributed by atoms with Gasteiger partial charge in [0, 0.05) is 0 Å². The van der Waals surface area contributed by atoms with Crippen molar-refractivity contribution in [2.45, 2.75) is 38.6 Å². The summed E-state index contributed by atoms with van der Waals surface area (Å²) in [7, 11) is 0. The van der Waals surface area contributed by atoms with Crippen molar-refractivity contribution in [2.75, 3.05) is 29.1 Å². The molecule has 0 saturated carbocycles. The van der Waals surface area contributed by atoms with E-state index in [4.69, 9.17) is 16.6 Å². The van der Waals surface area contributed by atoms with E-state index in [1.165, 1.54) is 16.8 Å². The molecular formula is C23H26AsClN4S. The fraction of sp³-hybridized carbons (Fsp3) is 0.391. The van der Waals surface area contributed by atoms with Crippen molar-refractivity contribution < 1.29 is 0 Å². The molecule has 1 fully saturated rings. The van der Waals surface area contributed by atoms with Crippen LogP contribution in [0.1, 0.15) is 32.8 Å². The number of hydrogen-bond donors (Lipinski definition) is 0. The third kappa shape index (κ3) is 4.17. The first-order valence-electron chi connectivity index (χ1n) is 10.1. The number of nitrogens with zero attached hydrogens (tertiary/aromatic N) is 4. The van der Waals surface area contributed by atoms with E-state index in [1.54, 1.807) is 11.8 Å². The summed E-state index contributed by atoms with van der Waals surface area (Å²) >= 11 is 10.8. The Kier molecular flexibility index (Phi) is 6.25. The molecule has 0 bridgehead atoms. The van der Waals surface area contributed by atoms with Gasteiger partial charge < -0.3 is 0 Å². The van der Waals surface area contributed by atoms with Crippen LogP contribution in [-0.4, -0.2) is 52.4 Å². The van der Waals surface area contributed by atoms with Crippen LogP contribution in [0.4, 0.5) is 11.5 Å². The molecule has 7 heteroatoms. The molecule has 156 valence electrons. The van der Waals surface area contributed by atoms with Gasteiger partial charge in [0.15, 0.2) is 0 Å². The Morgan fingerprint density at radius 2 is 1.90 bits per heavy atom. The number of piperidine rings is 1. The second kappa shape index (κ2) is 8.61. The van der Waals surface area contributed by atoms with Gasteiger partial charge in [0.1, 0.15) is 0 Å². The van der Waals surface area contributed by atoms with Crippen molar-refractivity contribution in [3.8, 4) is 0 Å². The van der Waals surface area contributed by atoms with Crippen LogP contribution in [0.25, 0.3) is 0 Å². The van der Waals surface area contributed by atoms with E-state index in [2.05, 4.69) is 82.9 Å². The van der Waals surface area contributed by atoms with E-state index >= 15 is 0 Å². The van der Waals surface area contributed by atoms with Crippen molar-refractivity contribution in [1.82, 2.24) is 4.98 Å². The van der Waals surface area contributed by atoms with E-state index < -0.39 is 0 Å². The molecule has 0 aliphatic carbocycles. The summed E-state index contributed by atoms with van der Waals surface area (Å²) in [6, 6.07) is 12.9. The number of rotatable bonds is 2. The van der Waals surface area contributed by atoms with Crippen LogP contribution < -0.4 is 9.80 Å². The Hall–Kier alpha value is -1.42. The van der Waals surface area contributed by atoms with E-state index in [1.807, 2.05) is 18.3 Å². The van der Waals surface area contributed by atoms with Crippen molar-refractivity contribution in [2.24, 2.45) is 4.99 Å². The van der Waals surface area contributed by atoms with Crippen LogP contribution >= 0.6 is 23.4 Å². The SMILES string of the molecule is CSC1=NC([As])=C2CCN(c3ncccc3Cl)CC2N1c1ccc(C(C)(C)C)cc1. The first kappa shape index (κ1) is 21.8. The summed E-state index contributed by atoms with van der Waals surface area (Å²) in [5.41, 5.74) is 4.02. The average Bonchev–Trinajstić information content (AvgIpc) is 2.73. The van der Waals surface area contributed by atoms with Gasteiger partial charge in [0.05, 0.1) is 0 Å². The zero-order valence-corrected chi connectivity index (χ0v) is 21.2. The maximum absolute atomic E-state index is 6.47. The van der Waals surface area contributed by atoms with Gasteiger partial charge in [-0.3, -0.25) is 0 Å². The second-order valence-electron chi connectivity index (χ2n) is 8.63. The summed E-state index contributed by atoms with van der Waals surface area (Å²) < 4.78 is 1.09. The molecule has 4 rings (SSSR count). The fourth-order valence-corrected chi connectivity index (χ4v) is 5.79. The zero-order valence-electron chi connectivity index (χ0n) is 17.8. The van der Waals surface area contributed by atoms with Crippen LogP contribution in [0, 0.1) is 0 Å². The number of halogens is 1. The minimum absolute atomic E-state index is 0.132. The van der Waals surface area contributed by atoms with Crippen LogP contribution in [0.15, 0.2) is 57.6 Å². The number of pyridine rings is 1. The molecule has 0 N–H and O–H groups in total. The van der Waals surface area contributed by atoms with Crippen LogP contribution in [0.5, 0.6) is 0 Å². The number of aliphatic imine (C=N–C) groups is 1. The Morgan fingerprint density at radius 1 is 1.17 bits per heavy atom. The molecule has 1 saturated heterocycles. The van der Waals surface area contributed by atoms with Crippen molar-refractivity contribution >= 4 is 56.9 Å². The summed E-state index contributed by atoms with van der Waals surface area (Å²) in [6.45, 7) is 8.46. The predicted octanol–water partition coefficient (Wildman–Crippen LogP) is 5.23. The monoisotopic (exact) mass is 500 g/mol. The van der Waals surface area contributed by atoms with Crippen molar-refractivity contribution in [3.05, 3.63) is 63.2 Å². The van der Waals surface area contributed by atoms with Gasteiger partial charge in [-0.05, 0) is 0 Å². The normalized spacial score (nSPS) is 19.7. The molecule has 1 aromatic heterocycles. The van der Waals surface area contributed by atoms with Gasteiger partial charge in [0.2, 0.25) is 0 Å². The van der Waals surface area contributed by atoms with E-state index in [9.17, 15) is 0 Å². The quantitative estimate of drug-likeness (QED) is 0.528. The molecule has 2 aromatic rings. The first-order valence-corrected chi connectivity index (χ1v) is 12.6. The van der Waals surface area contributed by atoms with E-state index in [0.29, 0.717) is 5.02 Å². The standard InChI is InChI=1S/C23H26AsClN4S/c1-23(2,3)15-7-9-16(10-8-15)29-19-14-28(21-18(25)6-5-12-26-21)13-11-17(19)20(24)27-22(29)30-4/h5-10,12,19H,11,13-14H2,1-4H3. The van der Waals surface area contributed by atoms with E-state index in [-0.39, 0.29) is 11.5 Å². The molecule has 1 atom stereocenters. The molecule has 3 heterocycles. The molecule has 4 nitrogen and oxygen atoms in total. The zero-order chi connectivity index (χ0) is 21.5. The summed E-state index contributed by atoms with van der Waals surface area (Å²) in [6.07, 6.45) is 4.85. The van der Waals surface area contributed by atoms with Gasteiger partial charge in [-0.1, -0.05) is 0 Å². The summed E-state index contributed by atoms with van der Waals surface area (Å²) in [5.74, 6) is 0.863. The van der Waals surface area contributed by atoms with Gasteiger partial charge in [-0.2, -0.15) is 0 Å². The average molecular weight is 501 g/mol. The van der Waals surface area contributed by atoms with Gasteiger partial charge >= 0.3 is 198 Å². The number of thioether (sulfide) groups is 1. The molecule has 2 radical (unpaired) electrons. The number of aromatic nitrogens is 1. The number of benzene rings is 1. The number of hydrogen-bond acceptors (Lipinski definition) is 5. The second-order valence-corrected chi connectivity index (χ2v) is 10.7. The van der Waals surface area contributed by atoms with Gasteiger partial charge in [-0.15, -0.1) is 0 Å². The molecule has 0 spiro atoms. The van der Waals surface area contributed by atoms with Crippen LogP contribution in [0.3, 0.4) is 0 Å². The summed E-state index contributed by atoms with van der Waals surface area (Å²) in [4.78, 5) is 14.2. The van der Waals surface area contributed by atoms with E-state index in [0.717, 1.165) is 35.0 Å². The molecule has 2 aliphatic rings. The third-order valence-electron chi connectivity index (χ3n) is 5.69. The topological polar surface area (TPSA) is 31.7 Å². The molecule has 2 aliphatic heterocycles. The molecule has 0 amide bonds. The Morgan fingerprint density at radius 3 is 2.53 bits per heavy atom. The number of fused-ring (bicyclic) bond motifs is 1. The Labute approximate surface area is 197 Å². The Bertz CT molecular complexity index is 997. The van der Waals surface area contributed by atoms with Crippen LogP contribution in [-0.2, 0) is 5.41 Å². The predicted molar refractivity (Wildman–Crippen MR) is 131 cm³/mol.